The average molecular weight is 575 g/mol. The van der Waals surface area contributed by atoms with Crippen LogP contribution in [0.1, 0.15) is 43.9 Å². The van der Waals surface area contributed by atoms with E-state index in [0.717, 1.165) is 35.1 Å². The molecular weight excluding hydrogens is 539 g/mol. The Morgan fingerprint density at radius 1 is 1.09 bits per heavy atom. The molecule has 32 heavy (non-hydrogen) atoms. The number of nitrogens with zero attached hydrogens (tertiary/aromatic N) is 1. The van der Waals surface area contributed by atoms with Crippen molar-refractivity contribution in [3.8, 4) is 5.75 Å². The molecule has 0 aliphatic heterocycles. The fourth-order valence-electron chi connectivity index (χ4n) is 2.86. The van der Waals surface area contributed by atoms with Crippen molar-refractivity contribution in [2.75, 3.05) is 17.5 Å². The van der Waals surface area contributed by atoms with Gasteiger partial charge >= 0.3 is 0 Å². The number of guanidine groups is 1. The maximum atomic E-state index is 11.6. The molecule has 0 fully saturated rings. The summed E-state index contributed by atoms with van der Waals surface area (Å²) in [5, 5.41) is 6.51. The van der Waals surface area contributed by atoms with Gasteiger partial charge in [0, 0.05) is 18.7 Å². The van der Waals surface area contributed by atoms with E-state index in [0.29, 0.717) is 31.3 Å². The second-order valence-electron chi connectivity index (χ2n) is 7.53. The lowest BCUT2D eigenvalue weighted by molar-refractivity contribution is 0.215. The Labute approximate surface area is 209 Å². The van der Waals surface area contributed by atoms with E-state index in [4.69, 9.17) is 9.73 Å². The molecule has 178 valence electrons. The number of hydrogen-bond donors (Lipinski definition) is 3. The number of anilines is 1. The maximum absolute atomic E-state index is 11.6. The number of sulfonamides is 1. The zero-order chi connectivity index (χ0) is 22.9. The molecule has 0 spiro atoms. The third-order valence-electron chi connectivity index (χ3n) is 4.64. The predicted octanol–water partition coefficient (Wildman–Crippen LogP) is 4.42. The van der Waals surface area contributed by atoms with Gasteiger partial charge in [-0.3, -0.25) is 4.72 Å². The summed E-state index contributed by atoms with van der Waals surface area (Å²) >= 11 is 0. The Bertz CT molecular complexity index is 996. The topological polar surface area (TPSA) is 91.8 Å². The standard InChI is InChI=1S/C23H34N4O3S.HI/c1-6-18(4)30-22-14-17(3)12-13-20(22)16-26-23(24-7-2)25-15-19-10-8-9-11-21(19)27-31(5,28)29;/h8-14,18,27H,6-7,15-16H2,1-5H3,(H2,24,25,26);1H. The fourth-order valence-corrected chi connectivity index (χ4v) is 3.46. The minimum absolute atomic E-state index is 0. The number of benzene rings is 2. The predicted molar refractivity (Wildman–Crippen MR) is 144 cm³/mol. The van der Waals surface area contributed by atoms with Gasteiger partial charge in [0.25, 0.3) is 0 Å². The molecule has 0 aliphatic rings. The molecule has 3 N–H and O–H groups in total. The van der Waals surface area contributed by atoms with E-state index >= 15 is 0 Å². The third kappa shape index (κ3) is 9.64. The van der Waals surface area contributed by atoms with Crippen LogP contribution in [0.15, 0.2) is 47.5 Å². The largest absolute Gasteiger partial charge is 0.490 e. The summed E-state index contributed by atoms with van der Waals surface area (Å²) in [6.45, 7) is 9.80. The minimum atomic E-state index is -3.35. The van der Waals surface area contributed by atoms with Crippen molar-refractivity contribution in [2.45, 2.75) is 53.3 Å². The Kier molecular flexibility index (Phi) is 11.8. The molecule has 0 saturated carbocycles. The van der Waals surface area contributed by atoms with Crippen LogP contribution in [0.4, 0.5) is 5.69 Å². The van der Waals surface area contributed by atoms with Gasteiger partial charge in [0.15, 0.2) is 5.96 Å². The van der Waals surface area contributed by atoms with Gasteiger partial charge < -0.3 is 15.4 Å². The molecule has 0 radical (unpaired) electrons. The Balaban J connectivity index is 0.00000512. The molecule has 0 saturated heterocycles. The van der Waals surface area contributed by atoms with Crippen LogP contribution in [0.3, 0.4) is 0 Å². The second kappa shape index (κ2) is 13.5. The summed E-state index contributed by atoms with van der Waals surface area (Å²) in [7, 11) is -3.35. The molecule has 0 aromatic heterocycles. The van der Waals surface area contributed by atoms with Crippen molar-refractivity contribution in [1.82, 2.24) is 10.6 Å². The van der Waals surface area contributed by atoms with Gasteiger partial charge in [0.2, 0.25) is 10.0 Å². The van der Waals surface area contributed by atoms with E-state index in [1.54, 1.807) is 12.1 Å². The highest BCUT2D eigenvalue weighted by atomic mass is 127. The molecule has 2 aromatic carbocycles. The van der Waals surface area contributed by atoms with Crippen molar-refractivity contribution in [3.63, 3.8) is 0 Å². The first-order chi connectivity index (χ1) is 14.7. The zero-order valence-corrected chi connectivity index (χ0v) is 22.6. The van der Waals surface area contributed by atoms with Crippen LogP contribution in [0.25, 0.3) is 0 Å². The van der Waals surface area contributed by atoms with Gasteiger partial charge in [0.05, 0.1) is 24.6 Å². The first-order valence-corrected chi connectivity index (χ1v) is 12.4. The van der Waals surface area contributed by atoms with Crippen LogP contribution >= 0.6 is 24.0 Å². The number of nitrogens with one attached hydrogen (secondary N) is 3. The van der Waals surface area contributed by atoms with Crippen molar-refractivity contribution >= 4 is 45.6 Å². The molecule has 0 heterocycles. The number of ether oxygens (including phenoxy) is 1. The lowest BCUT2D eigenvalue weighted by Crippen LogP contribution is -2.37. The van der Waals surface area contributed by atoms with E-state index in [2.05, 4.69) is 35.3 Å². The quantitative estimate of drug-likeness (QED) is 0.222. The first kappa shape index (κ1) is 28.0. The zero-order valence-electron chi connectivity index (χ0n) is 19.4. The van der Waals surface area contributed by atoms with Gasteiger partial charge in [-0.1, -0.05) is 37.3 Å². The summed E-state index contributed by atoms with van der Waals surface area (Å²) < 4.78 is 31.9. The summed E-state index contributed by atoms with van der Waals surface area (Å²) in [5.41, 5.74) is 3.54. The van der Waals surface area contributed by atoms with Crippen molar-refractivity contribution in [2.24, 2.45) is 4.99 Å². The van der Waals surface area contributed by atoms with Crippen LogP contribution in [-0.4, -0.2) is 33.3 Å². The minimum Gasteiger partial charge on any atom is -0.490 e. The van der Waals surface area contributed by atoms with E-state index in [1.165, 1.54) is 0 Å². The molecule has 9 heteroatoms. The van der Waals surface area contributed by atoms with Crippen LogP contribution < -0.4 is 20.1 Å². The molecule has 1 unspecified atom stereocenters. The van der Waals surface area contributed by atoms with E-state index < -0.39 is 10.0 Å². The van der Waals surface area contributed by atoms with Crippen LogP contribution in [-0.2, 0) is 23.1 Å². The van der Waals surface area contributed by atoms with Gasteiger partial charge in [-0.15, -0.1) is 24.0 Å². The summed E-state index contributed by atoms with van der Waals surface area (Å²) in [5.74, 6) is 1.50. The summed E-state index contributed by atoms with van der Waals surface area (Å²) in [4.78, 5) is 4.70. The Hall–Kier alpha value is -2.01. The smallest absolute Gasteiger partial charge is 0.229 e. The molecule has 0 aliphatic carbocycles. The van der Waals surface area contributed by atoms with E-state index in [1.807, 2.05) is 38.1 Å². The lowest BCUT2D eigenvalue weighted by atomic mass is 10.1. The maximum Gasteiger partial charge on any atom is 0.229 e. The number of aryl methyl sites for hydroxylation is 1. The second-order valence-corrected chi connectivity index (χ2v) is 9.28. The number of hydrogen-bond acceptors (Lipinski definition) is 4. The highest BCUT2D eigenvalue weighted by Crippen LogP contribution is 2.23. The third-order valence-corrected chi connectivity index (χ3v) is 5.23. The molecule has 2 aromatic rings. The van der Waals surface area contributed by atoms with Gasteiger partial charge in [0.1, 0.15) is 5.75 Å². The molecular formula is C23H35IN4O3S. The average Bonchev–Trinajstić information content (AvgIpc) is 2.71. The van der Waals surface area contributed by atoms with Gasteiger partial charge in [-0.05, 0) is 50.5 Å². The number of rotatable bonds is 10. The molecule has 0 amide bonds. The number of aliphatic imine (C=N–C) groups is 1. The normalized spacial score (nSPS) is 12.5. The number of halogens is 1. The van der Waals surface area contributed by atoms with Crippen LogP contribution in [0.2, 0.25) is 0 Å². The SMILES string of the molecule is CCNC(=NCc1ccc(C)cc1OC(C)CC)NCc1ccccc1NS(C)(=O)=O.I. The van der Waals surface area contributed by atoms with E-state index in [9.17, 15) is 8.42 Å². The monoisotopic (exact) mass is 574 g/mol. The van der Waals surface area contributed by atoms with Crippen LogP contribution in [0.5, 0.6) is 5.75 Å². The van der Waals surface area contributed by atoms with Crippen molar-refractivity contribution in [1.29, 1.82) is 0 Å². The first-order valence-electron chi connectivity index (χ1n) is 10.6. The Morgan fingerprint density at radius 3 is 2.47 bits per heavy atom. The molecule has 2 rings (SSSR count). The fraction of sp³-hybridized carbons (Fsp3) is 0.435. The summed E-state index contributed by atoms with van der Waals surface area (Å²) in [6.07, 6.45) is 2.21. The summed E-state index contributed by atoms with van der Waals surface area (Å²) in [6, 6.07) is 13.4. The highest BCUT2D eigenvalue weighted by molar-refractivity contribution is 14.0. The van der Waals surface area contributed by atoms with Crippen molar-refractivity contribution < 1.29 is 13.2 Å². The van der Waals surface area contributed by atoms with Gasteiger partial charge in [-0.2, -0.15) is 0 Å². The molecule has 1 atom stereocenters. The molecule has 7 nitrogen and oxygen atoms in total. The molecule has 0 bridgehead atoms. The van der Waals surface area contributed by atoms with Crippen molar-refractivity contribution in [3.05, 3.63) is 59.2 Å². The van der Waals surface area contributed by atoms with E-state index in [-0.39, 0.29) is 30.1 Å². The Morgan fingerprint density at radius 2 is 1.81 bits per heavy atom. The van der Waals surface area contributed by atoms with Gasteiger partial charge in [-0.25, -0.2) is 13.4 Å². The number of para-hydroxylation sites is 1. The lowest BCUT2D eigenvalue weighted by Gasteiger charge is -2.17. The highest BCUT2D eigenvalue weighted by Gasteiger charge is 2.10. The van der Waals surface area contributed by atoms with Crippen LogP contribution in [0, 0.1) is 6.92 Å².